The molecule has 1 unspecified atom stereocenters. The number of aryl methyl sites for hydroxylation is 3. The third-order valence-corrected chi connectivity index (χ3v) is 5.24. The minimum Gasteiger partial charge on any atom is -0.384 e. The second kappa shape index (κ2) is 4.77. The van der Waals surface area contributed by atoms with E-state index in [-0.39, 0.29) is 0 Å². The summed E-state index contributed by atoms with van der Waals surface area (Å²) < 4.78 is 0. The van der Waals surface area contributed by atoms with E-state index in [9.17, 15) is 5.11 Å². The molecule has 1 atom stereocenters. The van der Waals surface area contributed by atoms with E-state index < -0.39 is 5.60 Å². The predicted octanol–water partition coefficient (Wildman–Crippen LogP) is 4.00. The molecule has 0 saturated heterocycles. The SMILES string of the molecule is Cc1ccc(C(C)(O)Cc2ccc3c(c2)CCC3)s1. The topological polar surface area (TPSA) is 20.2 Å². The fraction of sp³-hybridized carbons (Fsp3) is 0.412. The molecule has 19 heavy (non-hydrogen) atoms. The Morgan fingerprint density at radius 3 is 2.68 bits per heavy atom. The van der Waals surface area contributed by atoms with Crippen LogP contribution in [-0.2, 0) is 24.9 Å². The van der Waals surface area contributed by atoms with E-state index in [1.807, 2.05) is 13.0 Å². The minimum atomic E-state index is -0.758. The van der Waals surface area contributed by atoms with Gasteiger partial charge in [0, 0.05) is 16.2 Å². The molecule has 1 aliphatic rings. The number of fused-ring (bicyclic) bond motifs is 1. The van der Waals surface area contributed by atoms with Gasteiger partial charge in [0.05, 0.1) is 5.60 Å². The van der Waals surface area contributed by atoms with Gasteiger partial charge in [0.15, 0.2) is 0 Å². The molecule has 0 radical (unpaired) electrons. The summed E-state index contributed by atoms with van der Waals surface area (Å²) in [6.45, 7) is 4.01. The van der Waals surface area contributed by atoms with Gasteiger partial charge >= 0.3 is 0 Å². The lowest BCUT2D eigenvalue weighted by Crippen LogP contribution is -2.22. The third kappa shape index (κ3) is 2.60. The van der Waals surface area contributed by atoms with Crippen molar-refractivity contribution in [2.75, 3.05) is 0 Å². The Morgan fingerprint density at radius 2 is 1.95 bits per heavy atom. The maximum atomic E-state index is 10.7. The maximum Gasteiger partial charge on any atom is 0.1000 e. The van der Waals surface area contributed by atoms with Gasteiger partial charge in [-0.05, 0) is 61.9 Å². The molecule has 1 nitrogen and oxygen atoms in total. The number of hydrogen-bond acceptors (Lipinski definition) is 2. The summed E-state index contributed by atoms with van der Waals surface area (Å²) in [5, 5.41) is 10.7. The average molecular weight is 272 g/mol. The molecule has 1 aromatic heterocycles. The summed E-state index contributed by atoms with van der Waals surface area (Å²) >= 11 is 1.69. The molecule has 2 aromatic rings. The van der Waals surface area contributed by atoms with Gasteiger partial charge in [0.2, 0.25) is 0 Å². The van der Waals surface area contributed by atoms with E-state index in [0.29, 0.717) is 6.42 Å². The Labute approximate surface area is 118 Å². The van der Waals surface area contributed by atoms with Crippen molar-refractivity contribution in [1.29, 1.82) is 0 Å². The monoisotopic (exact) mass is 272 g/mol. The quantitative estimate of drug-likeness (QED) is 0.895. The van der Waals surface area contributed by atoms with Crippen LogP contribution in [0.2, 0.25) is 0 Å². The van der Waals surface area contributed by atoms with Crippen LogP contribution in [0.15, 0.2) is 30.3 Å². The van der Waals surface area contributed by atoms with E-state index >= 15 is 0 Å². The molecule has 1 aliphatic carbocycles. The summed E-state index contributed by atoms with van der Waals surface area (Å²) in [7, 11) is 0. The molecule has 3 rings (SSSR count). The Balaban J connectivity index is 1.84. The first-order valence-corrected chi connectivity index (χ1v) is 7.76. The Bertz CT molecular complexity index is 595. The molecule has 1 N–H and O–H groups in total. The van der Waals surface area contributed by atoms with Gasteiger partial charge in [0.25, 0.3) is 0 Å². The number of benzene rings is 1. The number of rotatable bonds is 3. The van der Waals surface area contributed by atoms with Crippen molar-refractivity contribution in [3.63, 3.8) is 0 Å². The molecule has 2 heteroatoms. The smallest absolute Gasteiger partial charge is 0.1000 e. The number of hydrogen-bond donors (Lipinski definition) is 1. The zero-order valence-electron chi connectivity index (χ0n) is 11.6. The molecule has 100 valence electrons. The molecule has 1 aromatic carbocycles. The second-order valence-electron chi connectivity index (χ2n) is 5.82. The summed E-state index contributed by atoms with van der Waals surface area (Å²) in [4.78, 5) is 2.31. The van der Waals surface area contributed by atoms with E-state index in [4.69, 9.17) is 0 Å². The van der Waals surface area contributed by atoms with Crippen molar-refractivity contribution >= 4 is 11.3 Å². The van der Waals surface area contributed by atoms with E-state index in [2.05, 4.69) is 31.2 Å². The number of thiophene rings is 1. The Kier molecular flexibility index (Phi) is 3.23. The molecule has 0 aliphatic heterocycles. The minimum absolute atomic E-state index is 0.695. The largest absolute Gasteiger partial charge is 0.384 e. The van der Waals surface area contributed by atoms with Crippen molar-refractivity contribution in [2.24, 2.45) is 0 Å². The second-order valence-corrected chi connectivity index (χ2v) is 7.11. The highest BCUT2D eigenvalue weighted by Gasteiger charge is 2.25. The van der Waals surface area contributed by atoms with E-state index in [1.54, 1.807) is 11.3 Å². The highest BCUT2D eigenvalue weighted by atomic mass is 32.1. The molecule has 0 bridgehead atoms. The third-order valence-electron chi connectivity index (χ3n) is 3.98. The van der Waals surface area contributed by atoms with Crippen molar-refractivity contribution in [3.8, 4) is 0 Å². The molecular formula is C17H20OS. The maximum absolute atomic E-state index is 10.7. The van der Waals surface area contributed by atoms with Gasteiger partial charge in [-0.3, -0.25) is 0 Å². The van der Waals surface area contributed by atoms with Crippen molar-refractivity contribution in [3.05, 3.63) is 56.8 Å². The highest BCUT2D eigenvalue weighted by Crippen LogP contribution is 2.32. The molecule has 1 heterocycles. The van der Waals surface area contributed by atoms with Gasteiger partial charge in [0.1, 0.15) is 0 Å². The van der Waals surface area contributed by atoms with E-state index in [1.165, 1.54) is 40.8 Å². The van der Waals surface area contributed by atoms with Crippen LogP contribution in [-0.4, -0.2) is 5.11 Å². The summed E-state index contributed by atoms with van der Waals surface area (Å²) in [6.07, 6.45) is 4.39. The molecule has 0 saturated carbocycles. The zero-order valence-corrected chi connectivity index (χ0v) is 12.4. The summed E-state index contributed by atoms with van der Waals surface area (Å²) in [5.41, 5.74) is 3.47. The average Bonchev–Trinajstić information content (AvgIpc) is 2.96. The van der Waals surface area contributed by atoms with Crippen molar-refractivity contribution in [1.82, 2.24) is 0 Å². The molecule has 0 fully saturated rings. The summed E-state index contributed by atoms with van der Waals surface area (Å²) in [5.74, 6) is 0. The van der Waals surface area contributed by atoms with Crippen LogP contribution in [0.1, 0.15) is 39.8 Å². The van der Waals surface area contributed by atoms with Gasteiger partial charge in [-0.25, -0.2) is 0 Å². The van der Waals surface area contributed by atoms with Crippen LogP contribution in [0.3, 0.4) is 0 Å². The Morgan fingerprint density at radius 1 is 1.16 bits per heavy atom. The fourth-order valence-corrected chi connectivity index (χ4v) is 3.85. The van der Waals surface area contributed by atoms with Crippen LogP contribution in [0.25, 0.3) is 0 Å². The van der Waals surface area contributed by atoms with E-state index in [0.717, 1.165) is 4.88 Å². The first kappa shape index (κ1) is 12.9. The van der Waals surface area contributed by atoms with Crippen LogP contribution in [0.5, 0.6) is 0 Å². The first-order valence-electron chi connectivity index (χ1n) is 6.94. The Hall–Kier alpha value is -1.12. The molecule has 0 amide bonds. The van der Waals surface area contributed by atoms with Gasteiger partial charge in [-0.2, -0.15) is 0 Å². The zero-order chi connectivity index (χ0) is 13.5. The van der Waals surface area contributed by atoms with Gasteiger partial charge in [-0.15, -0.1) is 11.3 Å². The first-order chi connectivity index (χ1) is 9.04. The molecular weight excluding hydrogens is 252 g/mol. The van der Waals surface area contributed by atoms with Gasteiger partial charge < -0.3 is 5.11 Å². The van der Waals surface area contributed by atoms with Gasteiger partial charge in [-0.1, -0.05) is 18.2 Å². The lowest BCUT2D eigenvalue weighted by molar-refractivity contribution is 0.0615. The standard InChI is InChI=1S/C17H20OS/c1-12-6-9-16(19-12)17(2,18)11-13-7-8-14-4-3-5-15(14)10-13/h6-10,18H,3-5,11H2,1-2H3. The van der Waals surface area contributed by atoms with Crippen LogP contribution in [0.4, 0.5) is 0 Å². The summed E-state index contributed by atoms with van der Waals surface area (Å²) in [6, 6.07) is 10.8. The fourth-order valence-electron chi connectivity index (χ4n) is 2.94. The van der Waals surface area contributed by atoms with Crippen molar-refractivity contribution < 1.29 is 5.11 Å². The highest BCUT2D eigenvalue weighted by molar-refractivity contribution is 7.12. The molecule has 0 spiro atoms. The lowest BCUT2D eigenvalue weighted by Gasteiger charge is -2.22. The predicted molar refractivity (Wildman–Crippen MR) is 80.8 cm³/mol. The normalized spacial score (nSPS) is 17.2. The number of aliphatic hydroxyl groups is 1. The lowest BCUT2D eigenvalue weighted by atomic mass is 9.93. The van der Waals surface area contributed by atoms with Crippen molar-refractivity contribution in [2.45, 2.75) is 45.1 Å². The van der Waals surface area contributed by atoms with Crippen LogP contribution < -0.4 is 0 Å². The van der Waals surface area contributed by atoms with Crippen LogP contribution >= 0.6 is 11.3 Å². The van der Waals surface area contributed by atoms with Crippen LogP contribution in [0, 0.1) is 6.92 Å².